The number of rotatable bonds is 7. The molecule has 2 aromatic carbocycles. The summed E-state index contributed by atoms with van der Waals surface area (Å²) in [7, 11) is 1.77. The molecule has 2 N–H and O–H groups in total. The van der Waals surface area contributed by atoms with E-state index in [0.29, 0.717) is 43.8 Å². The molecule has 3 atom stereocenters. The van der Waals surface area contributed by atoms with Crippen molar-refractivity contribution in [2.75, 3.05) is 51.5 Å². The van der Waals surface area contributed by atoms with Crippen LogP contribution in [0.2, 0.25) is 0 Å². The number of aliphatic hydroxyl groups excluding tert-OH is 1. The molecule has 4 fully saturated rings. The zero-order valence-electron chi connectivity index (χ0n) is 29.4. The summed E-state index contributed by atoms with van der Waals surface area (Å²) in [5.74, 6) is -3.11. The zero-order chi connectivity index (χ0) is 35.9. The fourth-order valence-electron chi connectivity index (χ4n) is 8.65. The highest BCUT2D eigenvalue weighted by atomic mass is 19.2. The Bertz CT molecular complexity index is 1890. The summed E-state index contributed by atoms with van der Waals surface area (Å²) >= 11 is 0. The normalized spacial score (nSPS) is 26.7. The van der Waals surface area contributed by atoms with Crippen molar-refractivity contribution >= 4 is 27.5 Å². The molecule has 8 rings (SSSR count). The summed E-state index contributed by atoms with van der Waals surface area (Å²) < 4.78 is 63.9. The lowest BCUT2D eigenvalue weighted by atomic mass is 9.73. The van der Waals surface area contributed by atoms with Gasteiger partial charge in [0.15, 0.2) is 17.5 Å². The number of aromatic hydroxyl groups is 1. The molecular formula is C38H46F3N5O5. The number of nitrogens with zero attached hydrogens (tertiary/aromatic N) is 5. The van der Waals surface area contributed by atoms with E-state index < -0.39 is 23.6 Å². The average molecular weight is 710 g/mol. The van der Waals surface area contributed by atoms with E-state index in [4.69, 9.17) is 19.2 Å². The number of benzene rings is 2. The van der Waals surface area contributed by atoms with Gasteiger partial charge in [-0.3, -0.25) is 9.88 Å². The molecule has 2 aromatic heterocycles. The lowest BCUT2D eigenvalue weighted by molar-refractivity contribution is -0.0845. The Morgan fingerprint density at radius 2 is 1.84 bits per heavy atom. The first kappa shape index (κ1) is 35.6. The average Bonchev–Trinajstić information content (AvgIpc) is 3.43. The number of ether oxygens (including phenoxy) is 3. The standard InChI is InChI=1S/C36H40F3N5O5.C2H6/c1-47-24-13-21(14-24)44-9-3-8-36(7-2-4-28(36)44)19-49-35-41-33-26(34(42-35)43-10-11-48-18-23(46)17-43)16-40-32(31(33)39)25-15-22(45)12-20-5-6-27(37)30(38)29(20)25;1-2/h5-6,12,15-16,21,23-24,28,45-46H,2-4,7-11,13-14,17-19H2,1H3;1-2H3. The lowest BCUT2D eigenvalue weighted by Gasteiger charge is -2.53. The summed E-state index contributed by atoms with van der Waals surface area (Å²) in [4.78, 5) is 18.1. The monoisotopic (exact) mass is 709 g/mol. The van der Waals surface area contributed by atoms with Crippen LogP contribution in [0.15, 0.2) is 30.5 Å². The molecule has 3 unspecified atom stereocenters. The van der Waals surface area contributed by atoms with Crippen LogP contribution in [0.4, 0.5) is 19.0 Å². The first-order chi connectivity index (χ1) is 24.7. The number of halogens is 3. The van der Waals surface area contributed by atoms with Gasteiger partial charge in [0, 0.05) is 54.8 Å². The van der Waals surface area contributed by atoms with Crippen molar-refractivity contribution in [1.82, 2.24) is 19.9 Å². The fraction of sp³-hybridized carbons (Fsp3) is 0.553. The van der Waals surface area contributed by atoms with E-state index in [1.807, 2.05) is 13.8 Å². The van der Waals surface area contributed by atoms with Gasteiger partial charge in [-0.2, -0.15) is 9.97 Å². The van der Waals surface area contributed by atoms with Crippen LogP contribution in [0.3, 0.4) is 0 Å². The van der Waals surface area contributed by atoms with E-state index in [2.05, 4.69) is 14.9 Å². The molecule has 13 heteroatoms. The van der Waals surface area contributed by atoms with Crippen molar-refractivity contribution in [3.63, 3.8) is 0 Å². The predicted molar refractivity (Wildman–Crippen MR) is 188 cm³/mol. The number of methoxy groups -OCH3 is 1. The van der Waals surface area contributed by atoms with Crippen molar-refractivity contribution in [1.29, 1.82) is 0 Å². The number of hydrogen-bond acceptors (Lipinski definition) is 10. The maximum Gasteiger partial charge on any atom is 0.319 e. The molecule has 2 saturated carbocycles. The molecule has 0 radical (unpaired) electrons. The lowest BCUT2D eigenvalue weighted by Crippen LogP contribution is -2.59. The highest BCUT2D eigenvalue weighted by molar-refractivity contribution is 6.00. The van der Waals surface area contributed by atoms with Crippen molar-refractivity contribution in [3.8, 4) is 23.0 Å². The van der Waals surface area contributed by atoms with Crippen LogP contribution in [-0.2, 0) is 9.47 Å². The molecular weight excluding hydrogens is 663 g/mol. The summed E-state index contributed by atoms with van der Waals surface area (Å²) in [5.41, 5.74) is -0.635. The number of β-amino-alcohol motifs (C(OH)–C–C–N with tert-alkyl or cyclic N) is 1. The maximum absolute atomic E-state index is 16.8. The Kier molecular flexibility index (Phi) is 10.3. The van der Waals surface area contributed by atoms with Gasteiger partial charge in [0.25, 0.3) is 0 Å². The number of aromatic nitrogens is 3. The van der Waals surface area contributed by atoms with E-state index in [1.165, 1.54) is 18.3 Å². The van der Waals surface area contributed by atoms with Crippen LogP contribution in [0.25, 0.3) is 32.9 Å². The van der Waals surface area contributed by atoms with Crippen LogP contribution < -0.4 is 9.64 Å². The Morgan fingerprint density at radius 3 is 2.65 bits per heavy atom. The van der Waals surface area contributed by atoms with Crippen LogP contribution in [0, 0.1) is 22.9 Å². The number of fused-ring (bicyclic) bond motifs is 3. The number of phenols is 1. The second-order valence-corrected chi connectivity index (χ2v) is 14.0. The molecule has 4 heterocycles. The van der Waals surface area contributed by atoms with Crippen molar-refractivity contribution in [2.24, 2.45) is 5.41 Å². The summed E-state index contributed by atoms with van der Waals surface area (Å²) in [6.07, 6.45) is 8.23. The van der Waals surface area contributed by atoms with Gasteiger partial charge in [-0.1, -0.05) is 26.3 Å². The quantitative estimate of drug-likeness (QED) is 0.224. The molecule has 274 valence electrons. The van der Waals surface area contributed by atoms with Gasteiger partial charge in [0.2, 0.25) is 0 Å². The summed E-state index contributed by atoms with van der Waals surface area (Å²) in [5, 5.41) is 21.2. The molecule has 2 aliphatic heterocycles. The number of hydrogen-bond donors (Lipinski definition) is 2. The number of phenolic OH excluding ortho intramolecular Hbond substituents is 1. The molecule has 0 amide bonds. The van der Waals surface area contributed by atoms with Crippen LogP contribution in [-0.4, -0.2) is 101 Å². The molecule has 0 spiro atoms. The molecule has 4 aromatic rings. The minimum absolute atomic E-state index is 0.0172. The minimum atomic E-state index is -1.17. The predicted octanol–water partition coefficient (Wildman–Crippen LogP) is 6.38. The van der Waals surface area contributed by atoms with Gasteiger partial charge < -0.3 is 29.3 Å². The second kappa shape index (κ2) is 14.7. The second-order valence-electron chi connectivity index (χ2n) is 14.0. The maximum atomic E-state index is 16.8. The third-order valence-electron chi connectivity index (χ3n) is 11.1. The number of aliphatic hydroxyl groups is 1. The van der Waals surface area contributed by atoms with Gasteiger partial charge in [0.05, 0.1) is 37.4 Å². The zero-order valence-corrected chi connectivity index (χ0v) is 29.4. The van der Waals surface area contributed by atoms with Gasteiger partial charge in [-0.15, -0.1) is 0 Å². The van der Waals surface area contributed by atoms with Crippen LogP contribution in [0.5, 0.6) is 11.8 Å². The van der Waals surface area contributed by atoms with Gasteiger partial charge in [0.1, 0.15) is 22.8 Å². The molecule has 2 aliphatic carbocycles. The number of piperidine rings is 1. The fourth-order valence-corrected chi connectivity index (χ4v) is 8.65. The largest absolute Gasteiger partial charge is 0.508 e. The Morgan fingerprint density at radius 1 is 1.04 bits per heavy atom. The minimum Gasteiger partial charge on any atom is -0.508 e. The van der Waals surface area contributed by atoms with Gasteiger partial charge in [-0.05, 0) is 68.7 Å². The van der Waals surface area contributed by atoms with E-state index in [1.54, 1.807) is 12.0 Å². The molecule has 2 saturated heterocycles. The highest BCUT2D eigenvalue weighted by Crippen LogP contribution is 2.50. The number of pyridine rings is 1. The van der Waals surface area contributed by atoms with E-state index >= 15 is 8.78 Å². The van der Waals surface area contributed by atoms with Crippen LogP contribution >= 0.6 is 0 Å². The van der Waals surface area contributed by atoms with Crippen molar-refractivity contribution in [3.05, 3.63) is 47.9 Å². The molecule has 10 nitrogen and oxygen atoms in total. The third-order valence-corrected chi connectivity index (χ3v) is 11.1. The van der Waals surface area contributed by atoms with Crippen molar-refractivity contribution in [2.45, 2.75) is 83.1 Å². The molecule has 4 aliphatic rings. The highest BCUT2D eigenvalue weighted by Gasteiger charge is 2.51. The van der Waals surface area contributed by atoms with E-state index in [-0.39, 0.29) is 63.3 Å². The Balaban J connectivity index is 0.00000200. The van der Waals surface area contributed by atoms with E-state index in [0.717, 1.165) is 63.6 Å². The van der Waals surface area contributed by atoms with Gasteiger partial charge >= 0.3 is 6.01 Å². The first-order valence-electron chi connectivity index (χ1n) is 18.1. The third kappa shape index (κ3) is 6.58. The van der Waals surface area contributed by atoms with Crippen LogP contribution in [0.1, 0.15) is 58.8 Å². The SMILES string of the molecule is CC.COC1CC(N2CCCC3(COc4nc(N5CCOCC(O)C5)c5cnc(-c6cc(O)cc7ccc(F)c(F)c67)c(F)c5n4)CCCC23)C1. The molecule has 0 bridgehead atoms. The van der Waals surface area contributed by atoms with Gasteiger partial charge in [-0.25, -0.2) is 13.2 Å². The molecule has 51 heavy (non-hydrogen) atoms. The Labute approximate surface area is 295 Å². The number of likely N-dealkylation sites (tertiary alicyclic amines) is 1. The van der Waals surface area contributed by atoms with Crippen molar-refractivity contribution < 1.29 is 37.6 Å². The summed E-state index contributed by atoms with van der Waals surface area (Å²) in [6.45, 7) is 6.45. The topological polar surface area (TPSA) is 113 Å². The summed E-state index contributed by atoms with van der Waals surface area (Å²) in [6, 6.07) is 5.56. The number of anilines is 1. The van der Waals surface area contributed by atoms with E-state index in [9.17, 15) is 14.6 Å². The first-order valence-corrected chi connectivity index (χ1v) is 18.1. The smallest absolute Gasteiger partial charge is 0.319 e. The Hall–Kier alpha value is -3.78.